The van der Waals surface area contributed by atoms with Gasteiger partial charge in [0.1, 0.15) is 12.6 Å². The second-order valence-corrected chi connectivity index (χ2v) is 8.53. The van der Waals surface area contributed by atoms with E-state index in [-0.39, 0.29) is 19.1 Å². The van der Waals surface area contributed by atoms with Gasteiger partial charge >= 0.3 is 12.1 Å². The molecular formula is C26H28N2O6. The van der Waals surface area contributed by atoms with Crippen LogP contribution in [0, 0.1) is 5.92 Å². The summed E-state index contributed by atoms with van der Waals surface area (Å²) in [6.45, 7) is 0.0850. The standard InChI is InChI=1S/C26H28N2O6/c1-33-15-23(24(29)27-17-8-6-7-16(13-17)25(30)31)28-26(32)34-14-22-20-11-4-2-9-18(20)19-10-3-5-12-21(19)22/h2-6,8-12,16-17,22-23H,7,13-15H2,1H3,(H,27,29)(H,28,32)(H,30,31). The highest BCUT2D eigenvalue weighted by atomic mass is 16.5. The number of alkyl carbamates (subject to hydrolysis) is 1. The first-order valence-corrected chi connectivity index (χ1v) is 11.3. The molecule has 2 aliphatic carbocycles. The van der Waals surface area contributed by atoms with Gasteiger partial charge in [-0.3, -0.25) is 9.59 Å². The van der Waals surface area contributed by atoms with Crippen molar-refractivity contribution in [2.45, 2.75) is 30.8 Å². The lowest BCUT2D eigenvalue weighted by Gasteiger charge is -2.25. The summed E-state index contributed by atoms with van der Waals surface area (Å²) < 4.78 is 10.6. The van der Waals surface area contributed by atoms with Gasteiger partial charge in [-0.15, -0.1) is 0 Å². The zero-order valence-electron chi connectivity index (χ0n) is 18.9. The van der Waals surface area contributed by atoms with Crippen molar-refractivity contribution in [2.75, 3.05) is 20.3 Å². The lowest BCUT2D eigenvalue weighted by atomic mass is 9.91. The highest BCUT2D eigenvalue weighted by Gasteiger charge is 2.31. The van der Waals surface area contributed by atoms with E-state index in [0.29, 0.717) is 12.8 Å². The number of rotatable bonds is 8. The van der Waals surface area contributed by atoms with Crippen LogP contribution < -0.4 is 10.6 Å². The van der Waals surface area contributed by atoms with E-state index in [1.54, 1.807) is 12.2 Å². The van der Waals surface area contributed by atoms with E-state index >= 15 is 0 Å². The first kappa shape index (κ1) is 23.5. The first-order chi connectivity index (χ1) is 16.5. The van der Waals surface area contributed by atoms with Crippen LogP contribution in [0.1, 0.15) is 29.9 Å². The van der Waals surface area contributed by atoms with E-state index in [1.807, 2.05) is 36.4 Å². The third kappa shape index (κ3) is 5.12. The van der Waals surface area contributed by atoms with Gasteiger partial charge in [0.2, 0.25) is 5.91 Å². The van der Waals surface area contributed by atoms with Crippen molar-refractivity contribution in [3.05, 3.63) is 71.8 Å². The fourth-order valence-corrected chi connectivity index (χ4v) is 4.61. The number of ether oxygens (including phenoxy) is 2. The van der Waals surface area contributed by atoms with Crippen molar-refractivity contribution in [3.63, 3.8) is 0 Å². The molecule has 0 radical (unpaired) electrons. The number of methoxy groups -OCH3 is 1. The number of hydrogen-bond acceptors (Lipinski definition) is 5. The third-order valence-corrected chi connectivity index (χ3v) is 6.29. The number of carboxylic acid groups (broad SMARTS) is 1. The number of benzene rings is 2. The fourth-order valence-electron chi connectivity index (χ4n) is 4.61. The molecule has 2 aromatic carbocycles. The molecule has 8 heteroatoms. The Labute approximate surface area is 198 Å². The van der Waals surface area contributed by atoms with Gasteiger partial charge in [0.05, 0.1) is 12.5 Å². The third-order valence-electron chi connectivity index (χ3n) is 6.29. The van der Waals surface area contributed by atoms with Crippen molar-refractivity contribution in [2.24, 2.45) is 5.92 Å². The zero-order valence-corrected chi connectivity index (χ0v) is 18.9. The number of aliphatic carboxylic acids is 1. The molecule has 0 saturated carbocycles. The molecule has 0 fully saturated rings. The highest BCUT2D eigenvalue weighted by Crippen LogP contribution is 2.44. The van der Waals surface area contributed by atoms with Crippen LogP contribution in [0.5, 0.6) is 0 Å². The van der Waals surface area contributed by atoms with Crippen LogP contribution in [0.3, 0.4) is 0 Å². The molecule has 0 heterocycles. The predicted octanol–water partition coefficient (Wildman–Crippen LogP) is 3.08. The van der Waals surface area contributed by atoms with Crippen molar-refractivity contribution < 1.29 is 29.0 Å². The summed E-state index contributed by atoms with van der Waals surface area (Å²) in [5.74, 6) is -2.00. The highest BCUT2D eigenvalue weighted by molar-refractivity contribution is 5.86. The van der Waals surface area contributed by atoms with Crippen LogP contribution in [0.4, 0.5) is 4.79 Å². The molecule has 2 aliphatic rings. The number of fused-ring (bicyclic) bond motifs is 3. The topological polar surface area (TPSA) is 114 Å². The van der Waals surface area contributed by atoms with E-state index in [2.05, 4.69) is 22.8 Å². The summed E-state index contributed by atoms with van der Waals surface area (Å²) in [7, 11) is 1.43. The minimum absolute atomic E-state index is 0.0468. The number of allylic oxidation sites excluding steroid dienone is 1. The summed E-state index contributed by atoms with van der Waals surface area (Å²) in [4.78, 5) is 36.6. The molecule has 3 atom stereocenters. The predicted molar refractivity (Wildman–Crippen MR) is 125 cm³/mol. The van der Waals surface area contributed by atoms with Crippen LogP contribution in [-0.4, -0.2) is 55.5 Å². The Morgan fingerprint density at radius 3 is 2.32 bits per heavy atom. The normalized spacial score (nSPS) is 19.6. The van der Waals surface area contributed by atoms with Gasteiger partial charge in [0, 0.05) is 19.1 Å². The largest absolute Gasteiger partial charge is 0.481 e. The van der Waals surface area contributed by atoms with Crippen LogP contribution >= 0.6 is 0 Å². The molecule has 2 aromatic rings. The number of amides is 2. The Morgan fingerprint density at radius 2 is 1.71 bits per heavy atom. The molecular weight excluding hydrogens is 436 g/mol. The maximum absolute atomic E-state index is 12.8. The van der Waals surface area contributed by atoms with Gasteiger partial charge in [-0.25, -0.2) is 4.79 Å². The number of hydrogen-bond donors (Lipinski definition) is 3. The van der Waals surface area contributed by atoms with E-state index in [9.17, 15) is 19.5 Å². The molecule has 4 rings (SSSR count). The van der Waals surface area contributed by atoms with Gasteiger partial charge in [0.15, 0.2) is 0 Å². The average molecular weight is 465 g/mol. The molecule has 3 unspecified atom stereocenters. The molecule has 2 amide bonds. The van der Waals surface area contributed by atoms with Crippen LogP contribution in [0.2, 0.25) is 0 Å². The maximum atomic E-state index is 12.8. The summed E-state index contributed by atoms with van der Waals surface area (Å²) in [5, 5.41) is 14.6. The van der Waals surface area contributed by atoms with Crippen molar-refractivity contribution in [1.82, 2.24) is 10.6 Å². The molecule has 34 heavy (non-hydrogen) atoms. The Balaban J connectivity index is 1.36. The van der Waals surface area contributed by atoms with E-state index in [4.69, 9.17) is 9.47 Å². The smallest absolute Gasteiger partial charge is 0.407 e. The number of carbonyl (C=O) groups excluding carboxylic acids is 2. The quantitative estimate of drug-likeness (QED) is 0.518. The van der Waals surface area contributed by atoms with Crippen molar-refractivity contribution >= 4 is 18.0 Å². The summed E-state index contributed by atoms with van der Waals surface area (Å²) in [6.07, 6.45) is 3.52. The number of carboxylic acids is 1. The van der Waals surface area contributed by atoms with E-state index in [0.717, 1.165) is 22.3 Å². The molecule has 0 saturated heterocycles. The molecule has 8 nitrogen and oxygen atoms in total. The minimum atomic E-state index is -0.973. The van der Waals surface area contributed by atoms with Crippen LogP contribution in [-0.2, 0) is 19.1 Å². The fraction of sp³-hybridized carbons (Fsp3) is 0.346. The van der Waals surface area contributed by atoms with E-state index in [1.165, 1.54) is 7.11 Å². The van der Waals surface area contributed by atoms with Gasteiger partial charge < -0.3 is 25.2 Å². The number of carbonyl (C=O) groups is 3. The Morgan fingerprint density at radius 1 is 1.06 bits per heavy atom. The molecule has 3 N–H and O–H groups in total. The lowest BCUT2D eigenvalue weighted by molar-refractivity contribution is -0.142. The Hall–Kier alpha value is -3.65. The number of nitrogens with one attached hydrogen (secondary N) is 2. The first-order valence-electron chi connectivity index (χ1n) is 11.3. The maximum Gasteiger partial charge on any atom is 0.407 e. The molecule has 0 bridgehead atoms. The average Bonchev–Trinajstić information content (AvgIpc) is 3.16. The van der Waals surface area contributed by atoms with E-state index < -0.39 is 36.0 Å². The van der Waals surface area contributed by atoms with Crippen LogP contribution in [0.15, 0.2) is 60.7 Å². The summed E-state index contributed by atoms with van der Waals surface area (Å²) >= 11 is 0. The van der Waals surface area contributed by atoms with Crippen molar-refractivity contribution in [1.29, 1.82) is 0 Å². The monoisotopic (exact) mass is 464 g/mol. The Bertz CT molecular complexity index is 1050. The minimum Gasteiger partial charge on any atom is -0.481 e. The molecule has 0 aromatic heterocycles. The SMILES string of the molecule is COCC(NC(=O)OCC1c2ccccc2-c2ccccc21)C(=O)NC1C=CCC(C(=O)O)C1. The molecule has 0 aliphatic heterocycles. The van der Waals surface area contributed by atoms with Crippen molar-refractivity contribution in [3.8, 4) is 11.1 Å². The van der Waals surface area contributed by atoms with Gasteiger partial charge in [-0.05, 0) is 35.1 Å². The van der Waals surface area contributed by atoms with Gasteiger partial charge in [-0.1, -0.05) is 60.7 Å². The summed E-state index contributed by atoms with van der Waals surface area (Å²) in [5.41, 5.74) is 4.45. The van der Waals surface area contributed by atoms with Crippen LogP contribution in [0.25, 0.3) is 11.1 Å². The Kier molecular flexibility index (Phi) is 7.27. The van der Waals surface area contributed by atoms with Gasteiger partial charge in [-0.2, -0.15) is 0 Å². The second-order valence-electron chi connectivity index (χ2n) is 8.53. The summed E-state index contributed by atoms with van der Waals surface area (Å²) in [6, 6.07) is 14.7. The van der Waals surface area contributed by atoms with Gasteiger partial charge in [0.25, 0.3) is 0 Å². The lowest BCUT2D eigenvalue weighted by Crippen LogP contribution is -2.52. The molecule has 0 spiro atoms. The zero-order chi connectivity index (χ0) is 24.1. The molecule has 178 valence electrons. The second kappa shape index (κ2) is 10.5.